The standard InChI is InChI=1S/C9H13N3O/c13-9-1-3-12(4-2-9)8-5-10-7-11-6-8/h5-7,9,13H,1-4H2. The summed E-state index contributed by atoms with van der Waals surface area (Å²) in [6.45, 7) is 1.79. The molecule has 0 unspecified atom stereocenters. The fourth-order valence-corrected chi connectivity index (χ4v) is 1.58. The number of piperidine rings is 1. The van der Waals surface area contributed by atoms with E-state index < -0.39 is 0 Å². The summed E-state index contributed by atoms with van der Waals surface area (Å²) in [5.41, 5.74) is 1.05. The molecule has 0 spiro atoms. The molecule has 1 aromatic heterocycles. The Bertz CT molecular complexity index is 257. The van der Waals surface area contributed by atoms with E-state index >= 15 is 0 Å². The van der Waals surface area contributed by atoms with Crippen LogP contribution in [0.4, 0.5) is 5.69 Å². The zero-order valence-electron chi connectivity index (χ0n) is 7.43. The topological polar surface area (TPSA) is 49.2 Å². The van der Waals surface area contributed by atoms with Crippen LogP contribution in [-0.4, -0.2) is 34.3 Å². The third-order valence-electron chi connectivity index (χ3n) is 2.38. The van der Waals surface area contributed by atoms with Gasteiger partial charge in [0.25, 0.3) is 0 Å². The quantitative estimate of drug-likeness (QED) is 0.679. The molecule has 4 nitrogen and oxygen atoms in total. The van der Waals surface area contributed by atoms with Crippen molar-refractivity contribution in [3.63, 3.8) is 0 Å². The molecule has 70 valence electrons. The van der Waals surface area contributed by atoms with Gasteiger partial charge in [-0.1, -0.05) is 0 Å². The number of aliphatic hydroxyl groups is 1. The number of rotatable bonds is 1. The molecule has 1 aliphatic rings. The van der Waals surface area contributed by atoms with Crippen molar-refractivity contribution in [2.24, 2.45) is 0 Å². The van der Waals surface area contributed by atoms with Gasteiger partial charge in [0.1, 0.15) is 6.33 Å². The Morgan fingerprint density at radius 3 is 2.46 bits per heavy atom. The monoisotopic (exact) mass is 179 g/mol. The molecule has 0 aromatic carbocycles. The van der Waals surface area contributed by atoms with Gasteiger partial charge in [0, 0.05) is 13.1 Å². The Hall–Kier alpha value is -1.16. The number of aromatic nitrogens is 2. The predicted molar refractivity (Wildman–Crippen MR) is 49.5 cm³/mol. The molecule has 0 aliphatic carbocycles. The van der Waals surface area contributed by atoms with Gasteiger partial charge in [-0.05, 0) is 12.8 Å². The lowest BCUT2D eigenvalue weighted by atomic mass is 10.1. The second kappa shape index (κ2) is 3.70. The molecule has 13 heavy (non-hydrogen) atoms. The highest BCUT2D eigenvalue weighted by Gasteiger charge is 2.16. The number of anilines is 1. The van der Waals surface area contributed by atoms with Crippen LogP contribution in [0, 0.1) is 0 Å². The largest absolute Gasteiger partial charge is 0.393 e. The van der Waals surface area contributed by atoms with Crippen molar-refractivity contribution in [3.8, 4) is 0 Å². The van der Waals surface area contributed by atoms with Gasteiger partial charge >= 0.3 is 0 Å². The van der Waals surface area contributed by atoms with Crippen molar-refractivity contribution in [1.82, 2.24) is 9.97 Å². The molecule has 1 saturated heterocycles. The maximum atomic E-state index is 9.32. The molecule has 0 bridgehead atoms. The van der Waals surface area contributed by atoms with Crippen molar-refractivity contribution in [2.45, 2.75) is 18.9 Å². The molecule has 1 aliphatic heterocycles. The van der Waals surface area contributed by atoms with Gasteiger partial charge in [-0.2, -0.15) is 0 Å². The Labute approximate surface area is 77.2 Å². The Balaban J connectivity index is 2.03. The van der Waals surface area contributed by atoms with E-state index in [2.05, 4.69) is 14.9 Å². The van der Waals surface area contributed by atoms with E-state index in [-0.39, 0.29) is 6.10 Å². The van der Waals surface area contributed by atoms with Crippen molar-refractivity contribution >= 4 is 5.69 Å². The lowest BCUT2D eigenvalue weighted by Crippen LogP contribution is -2.35. The SMILES string of the molecule is OC1CCN(c2cncnc2)CC1. The average molecular weight is 179 g/mol. The molecule has 0 saturated carbocycles. The zero-order valence-corrected chi connectivity index (χ0v) is 7.43. The van der Waals surface area contributed by atoms with Gasteiger partial charge < -0.3 is 10.0 Å². The summed E-state index contributed by atoms with van der Waals surface area (Å²) in [6.07, 6.45) is 6.71. The molecule has 4 heteroatoms. The molecule has 2 rings (SSSR count). The third-order valence-corrected chi connectivity index (χ3v) is 2.38. The van der Waals surface area contributed by atoms with Gasteiger partial charge in [-0.25, -0.2) is 9.97 Å². The van der Waals surface area contributed by atoms with E-state index in [0.717, 1.165) is 31.6 Å². The Morgan fingerprint density at radius 2 is 1.85 bits per heavy atom. The van der Waals surface area contributed by atoms with Crippen LogP contribution in [0.1, 0.15) is 12.8 Å². The molecule has 2 heterocycles. The maximum absolute atomic E-state index is 9.32. The highest BCUT2D eigenvalue weighted by Crippen LogP contribution is 2.17. The van der Waals surface area contributed by atoms with Gasteiger partial charge in [-0.15, -0.1) is 0 Å². The lowest BCUT2D eigenvalue weighted by molar-refractivity contribution is 0.145. The summed E-state index contributed by atoms with van der Waals surface area (Å²) >= 11 is 0. The molecule has 1 aromatic rings. The van der Waals surface area contributed by atoms with Crippen LogP contribution in [0.5, 0.6) is 0 Å². The van der Waals surface area contributed by atoms with Crippen LogP contribution in [0.2, 0.25) is 0 Å². The van der Waals surface area contributed by atoms with E-state index in [1.165, 1.54) is 6.33 Å². The average Bonchev–Trinajstić information content (AvgIpc) is 2.20. The molecule has 1 N–H and O–H groups in total. The third kappa shape index (κ3) is 1.95. The van der Waals surface area contributed by atoms with Crippen LogP contribution >= 0.6 is 0 Å². The molecule has 0 atom stereocenters. The van der Waals surface area contributed by atoms with Gasteiger partial charge in [0.05, 0.1) is 24.2 Å². The van der Waals surface area contributed by atoms with Gasteiger partial charge in [-0.3, -0.25) is 0 Å². The van der Waals surface area contributed by atoms with Crippen molar-refractivity contribution in [3.05, 3.63) is 18.7 Å². The van der Waals surface area contributed by atoms with E-state index in [4.69, 9.17) is 0 Å². The minimum absolute atomic E-state index is 0.124. The minimum Gasteiger partial charge on any atom is -0.393 e. The molecule has 0 amide bonds. The second-order valence-corrected chi connectivity index (χ2v) is 3.31. The lowest BCUT2D eigenvalue weighted by Gasteiger charge is -2.30. The number of aliphatic hydroxyl groups excluding tert-OH is 1. The summed E-state index contributed by atoms with van der Waals surface area (Å²) in [7, 11) is 0. The van der Waals surface area contributed by atoms with Crippen LogP contribution in [-0.2, 0) is 0 Å². The minimum atomic E-state index is -0.124. The summed E-state index contributed by atoms with van der Waals surface area (Å²) in [4.78, 5) is 10.1. The van der Waals surface area contributed by atoms with E-state index in [1.54, 1.807) is 0 Å². The summed E-state index contributed by atoms with van der Waals surface area (Å²) in [6, 6.07) is 0. The van der Waals surface area contributed by atoms with E-state index in [1.807, 2.05) is 12.4 Å². The smallest absolute Gasteiger partial charge is 0.115 e. The van der Waals surface area contributed by atoms with E-state index in [9.17, 15) is 5.11 Å². The highest BCUT2D eigenvalue weighted by atomic mass is 16.3. The Morgan fingerprint density at radius 1 is 1.23 bits per heavy atom. The summed E-state index contributed by atoms with van der Waals surface area (Å²) in [5.74, 6) is 0. The molecular weight excluding hydrogens is 166 g/mol. The number of nitrogens with zero attached hydrogens (tertiary/aromatic N) is 3. The van der Waals surface area contributed by atoms with E-state index in [0.29, 0.717) is 0 Å². The zero-order chi connectivity index (χ0) is 9.10. The van der Waals surface area contributed by atoms with Crippen LogP contribution in [0.25, 0.3) is 0 Å². The second-order valence-electron chi connectivity index (χ2n) is 3.31. The number of hydrogen-bond acceptors (Lipinski definition) is 4. The predicted octanol–water partition coefficient (Wildman–Crippen LogP) is 0.438. The van der Waals surface area contributed by atoms with Crippen molar-refractivity contribution in [1.29, 1.82) is 0 Å². The first-order chi connectivity index (χ1) is 6.36. The molecule has 1 fully saturated rings. The fraction of sp³-hybridized carbons (Fsp3) is 0.556. The first-order valence-corrected chi connectivity index (χ1v) is 4.54. The summed E-state index contributed by atoms with van der Waals surface area (Å²) in [5, 5.41) is 9.32. The highest BCUT2D eigenvalue weighted by molar-refractivity contribution is 5.41. The first-order valence-electron chi connectivity index (χ1n) is 4.54. The molecular formula is C9H13N3O. The fourth-order valence-electron chi connectivity index (χ4n) is 1.58. The first kappa shape index (κ1) is 8.44. The van der Waals surface area contributed by atoms with Crippen LogP contribution in [0.3, 0.4) is 0 Å². The normalized spacial score (nSPS) is 19.0. The van der Waals surface area contributed by atoms with Crippen molar-refractivity contribution < 1.29 is 5.11 Å². The van der Waals surface area contributed by atoms with Crippen LogP contribution in [0.15, 0.2) is 18.7 Å². The van der Waals surface area contributed by atoms with Crippen molar-refractivity contribution in [2.75, 3.05) is 18.0 Å². The van der Waals surface area contributed by atoms with Gasteiger partial charge in [0.15, 0.2) is 0 Å². The maximum Gasteiger partial charge on any atom is 0.115 e. The molecule has 0 radical (unpaired) electrons. The van der Waals surface area contributed by atoms with Gasteiger partial charge in [0.2, 0.25) is 0 Å². The Kier molecular flexibility index (Phi) is 2.40. The van der Waals surface area contributed by atoms with Crippen LogP contribution < -0.4 is 4.90 Å². The number of hydrogen-bond donors (Lipinski definition) is 1. The summed E-state index contributed by atoms with van der Waals surface area (Å²) < 4.78 is 0.